The number of hydrogen-bond donors (Lipinski definition) is 2. The van der Waals surface area contributed by atoms with Crippen molar-refractivity contribution in [3.05, 3.63) is 0 Å². The highest BCUT2D eigenvalue weighted by Crippen LogP contribution is 2.51. The summed E-state index contributed by atoms with van der Waals surface area (Å²) in [6, 6.07) is 0. The molecule has 1 fully saturated rings. The fourth-order valence-electron chi connectivity index (χ4n) is 2.30. The van der Waals surface area contributed by atoms with Gasteiger partial charge in [-0.3, -0.25) is 4.79 Å². The zero-order valence-electron chi connectivity index (χ0n) is 14.4. The van der Waals surface area contributed by atoms with Gasteiger partial charge >= 0.3 is 0 Å². The van der Waals surface area contributed by atoms with E-state index >= 15 is 0 Å². The molecule has 120 valence electrons. The molecule has 0 atom stereocenters. The van der Waals surface area contributed by atoms with Gasteiger partial charge in [-0.15, -0.1) is 0 Å². The summed E-state index contributed by atoms with van der Waals surface area (Å²) in [4.78, 5) is 14.3. The zero-order valence-corrected chi connectivity index (χ0v) is 14.4. The van der Waals surface area contributed by atoms with E-state index in [-0.39, 0.29) is 11.3 Å². The van der Waals surface area contributed by atoms with Gasteiger partial charge in [-0.25, -0.2) is 0 Å². The number of hydrogen-bond acceptors (Lipinski definition) is 3. The van der Waals surface area contributed by atoms with E-state index in [4.69, 9.17) is 0 Å². The molecule has 0 aromatic rings. The first-order chi connectivity index (χ1) is 9.53. The Morgan fingerprint density at radius 3 is 2.20 bits per heavy atom. The highest BCUT2D eigenvalue weighted by molar-refractivity contribution is 5.85. The second kappa shape index (κ2) is 10.2. The summed E-state index contributed by atoms with van der Waals surface area (Å²) in [5, 5.41) is 6.39. The average Bonchev–Trinajstić information content (AvgIpc) is 3.23. The Morgan fingerprint density at radius 2 is 1.75 bits per heavy atom. The molecule has 0 bridgehead atoms. The Kier molecular flexibility index (Phi) is 9.86. The molecular weight excluding hydrogens is 250 g/mol. The molecule has 0 aromatic heterocycles. The summed E-state index contributed by atoms with van der Waals surface area (Å²) in [5.41, 5.74) is -0.0393. The third-order valence-electron chi connectivity index (χ3n) is 4.05. The van der Waals surface area contributed by atoms with Crippen LogP contribution < -0.4 is 10.6 Å². The minimum Gasteiger partial charge on any atom is -0.354 e. The lowest BCUT2D eigenvalue weighted by molar-refractivity contribution is -0.127. The van der Waals surface area contributed by atoms with Crippen molar-refractivity contribution in [3.8, 4) is 0 Å². The Hall–Kier alpha value is -0.610. The fourth-order valence-corrected chi connectivity index (χ4v) is 2.30. The SMILES string of the molecule is CC.CCNCCN(C)CCNC(=O)C1(C(C)C)CC1. The van der Waals surface area contributed by atoms with E-state index < -0.39 is 0 Å². The highest BCUT2D eigenvalue weighted by atomic mass is 16.2. The maximum atomic E-state index is 12.1. The number of amides is 1. The van der Waals surface area contributed by atoms with Crippen LogP contribution in [-0.2, 0) is 4.79 Å². The molecule has 4 nitrogen and oxygen atoms in total. The molecule has 4 heteroatoms. The molecular formula is C16H35N3O. The lowest BCUT2D eigenvalue weighted by Crippen LogP contribution is -2.40. The van der Waals surface area contributed by atoms with Crippen LogP contribution in [0, 0.1) is 11.3 Å². The standard InChI is InChI=1S/C14H29N3O.C2H6/c1-5-15-8-10-17(4)11-9-16-13(18)14(6-7-14)12(2)3;1-2/h12,15H,5-11H2,1-4H3,(H,16,18);1-2H3. The maximum absolute atomic E-state index is 12.1. The van der Waals surface area contributed by atoms with Crippen LogP contribution in [0.3, 0.4) is 0 Å². The van der Waals surface area contributed by atoms with Gasteiger partial charge in [-0.2, -0.15) is 0 Å². The number of carbonyl (C=O) groups excluding carboxylic acids is 1. The van der Waals surface area contributed by atoms with Gasteiger partial charge in [0.25, 0.3) is 0 Å². The van der Waals surface area contributed by atoms with Gasteiger partial charge in [0.2, 0.25) is 5.91 Å². The second-order valence-corrected chi connectivity index (χ2v) is 5.72. The van der Waals surface area contributed by atoms with Gasteiger partial charge in [-0.05, 0) is 32.4 Å². The number of rotatable bonds is 9. The third-order valence-corrected chi connectivity index (χ3v) is 4.05. The average molecular weight is 285 g/mol. The fraction of sp³-hybridized carbons (Fsp3) is 0.938. The Bertz CT molecular complexity index is 262. The molecule has 0 aliphatic heterocycles. The molecule has 1 rings (SSSR count). The van der Waals surface area contributed by atoms with Crippen LogP contribution in [0.5, 0.6) is 0 Å². The van der Waals surface area contributed by atoms with Crippen molar-refractivity contribution in [1.82, 2.24) is 15.5 Å². The van der Waals surface area contributed by atoms with Crippen molar-refractivity contribution in [3.63, 3.8) is 0 Å². The van der Waals surface area contributed by atoms with E-state index in [2.05, 4.69) is 43.4 Å². The first-order valence-corrected chi connectivity index (χ1v) is 8.20. The summed E-state index contributed by atoms with van der Waals surface area (Å²) in [6.07, 6.45) is 2.12. The van der Waals surface area contributed by atoms with Crippen molar-refractivity contribution in [2.45, 2.75) is 47.5 Å². The predicted molar refractivity (Wildman–Crippen MR) is 86.9 cm³/mol. The third kappa shape index (κ3) is 6.23. The predicted octanol–water partition coefficient (Wildman–Crippen LogP) is 2.11. The van der Waals surface area contributed by atoms with Crippen LogP contribution in [0.25, 0.3) is 0 Å². The maximum Gasteiger partial charge on any atom is 0.226 e. The lowest BCUT2D eigenvalue weighted by atomic mass is 9.91. The monoisotopic (exact) mass is 285 g/mol. The van der Waals surface area contributed by atoms with Crippen molar-refractivity contribution in [1.29, 1.82) is 0 Å². The summed E-state index contributed by atoms with van der Waals surface area (Å²) in [6.45, 7) is 15.1. The molecule has 1 amide bonds. The Labute approximate surface area is 125 Å². The molecule has 0 unspecified atom stereocenters. The summed E-state index contributed by atoms with van der Waals surface area (Å²) in [5.74, 6) is 0.724. The van der Waals surface area contributed by atoms with E-state index in [9.17, 15) is 4.79 Å². The molecule has 20 heavy (non-hydrogen) atoms. The molecule has 0 spiro atoms. The minimum absolute atomic E-state index is 0.0393. The van der Waals surface area contributed by atoms with E-state index in [0.29, 0.717) is 5.92 Å². The first-order valence-electron chi connectivity index (χ1n) is 8.20. The highest BCUT2D eigenvalue weighted by Gasteiger charge is 2.51. The second-order valence-electron chi connectivity index (χ2n) is 5.72. The minimum atomic E-state index is -0.0393. The first kappa shape index (κ1) is 19.4. The summed E-state index contributed by atoms with van der Waals surface area (Å²) >= 11 is 0. The number of carbonyl (C=O) groups is 1. The molecule has 2 N–H and O–H groups in total. The molecule has 0 radical (unpaired) electrons. The van der Waals surface area contributed by atoms with Crippen LogP contribution in [0.1, 0.15) is 47.5 Å². The number of nitrogens with one attached hydrogen (secondary N) is 2. The number of likely N-dealkylation sites (N-methyl/N-ethyl adjacent to an activating group) is 2. The molecule has 1 aliphatic carbocycles. The van der Waals surface area contributed by atoms with Crippen molar-refractivity contribution in [2.24, 2.45) is 11.3 Å². The van der Waals surface area contributed by atoms with Crippen LogP contribution >= 0.6 is 0 Å². The van der Waals surface area contributed by atoms with Gasteiger partial charge in [-0.1, -0.05) is 34.6 Å². The van der Waals surface area contributed by atoms with Crippen LogP contribution in [0.15, 0.2) is 0 Å². The Balaban J connectivity index is 0.00000172. The molecule has 1 aliphatic rings. The largest absolute Gasteiger partial charge is 0.354 e. The summed E-state index contributed by atoms with van der Waals surface area (Å²) < 4.78 is 0. The van der Waals surface area contributed by atoms with Gasteiger partial charge in [0.1, 0.15) is 0 Å². The van der Waals surface area contributed by atoms with Crippen LogP contribution in [0.2, 0.25) is 0 Å². The van der Waals surface area contributed by atoms with Gasteiger partial charge < -0.3 is 15.5 Å². The normalized spacial score (nSPS) is 15.8. The lowest BCUT2D eigenvalue weighted by Gasteiger charge is -2.21. The van der Waals surface area contributed by atoms with Crippen molar-refractivity contribution >= 4 is 5.91 Å². The van der Waals surface area contributed by atoms with Gasteiger partial charge in [0.05, 0.1) is 5.41 Å². The summed E-state index contributed by atoms with van der Waals surface area (Å²) in [7, 11) is 2.10. The van der Waals surface area contributed by atoms with Crippen LogP contribution in [-0.4, -0.2) is 50.6 Å². The smallest absolute Gasteiger partial charge is 0.226 e. The van der Waals surface area contributed by atoms with Gasteiger partial charge in [0, 0.05) is 26.2 Å². The van der Waals surface area contributed by atoms with Gasteiger partial charge in [0.15, 0.2) is 0 Å². The molecule has 0 saturated heterocycles. The van der Waals surface area contributed by atoms with Crippen molar-refractivity contribution in [2.75, 3.05) is 39.8 Å². The molecule has 0 aromatic carbocycles. The van der Waals surface area contributed by atoms with Crippen molar-refractivity contribution < 1.29 is 4.79 Å². The van der Waals surface area contributed by atoms with Crippen LogP contribution in [0.4, 0.5) is 0 Å². The number of nitrogens with zero attached hydrogens (tertiary/aromatic N) is 1. The topological polar surface area (TPSA) is 44.4 Å². The zero-order chi connectivity index (χ0) is 15.6. The Morgan fingerprint density at radius 1 is 1.20 bits per heavy atom. The van der Waals surface area contributed by atoms with E-state index in [0.717, 1.165) is 45.6 Å². The van der Waals surface area contributed by atoms with E-state index in [1.165, 1.54) is 0 Å². The quantitative estimate of drug-likeness (QED) is 0.638. The molecule has 0 heterocycles. The van der Waals surface area contributed by atoms with E-state index in [1.54, 1.807) is 0 Å². The molecule has 1 saturated carbocycles. The van der Waals surface area contributed by atoms with E-state index in [1.807, 2.05) is 13.8 Å².